The number of hydrogen-bond donors (Lipinski definition) is 1. The summed E-state index contributed by atoms with van der Waals surface area (Å²) in [6.07, 6.45) is 1.50. The number of ether oxygens (including phenoxy) is 2. The summed E-state index contributed by atoms with van der Waals surface area (Å²) in [6.45, 7) is 3.96. The van der Waals surface area contributed by atoms with Gasteiger partial charge in [-0.1, -0.05) is 18.2 Å². The number of halogens is 1. The molecule has 1 N–H and O–H groups in total. The smallest absolute Gasteiger partial charge is 0.256 e. The molecule has 0 aliphatic rings. The zero-order chi connectivity index (χ0) is 19.9. The summed E-state index contributed by atoms with van der Waals surface area (Å²) in [4.78, 5) is 16.6. The van der Waals surface area contributed by atoms with E-state index in [0.717, 1.165) is 0 Å². The zero-order valence-electron chi connectivity index (χ0n) is 15.7. The van der Waals surface area contributed by atoms with E-state index in [0.29, 0.717) is 28.4 Å². The Hall–Kier alpha value is -3.41. The molecule has 0 spiro atoms. The molecule has 0 saturated carbocycles. The molecule has 3 aromatic rings. The molecule has 6 heteroatoms. The molecule has 5 nitrogen and oxygen atoms in total. The Labute approximate surface area is 163 Å². The molecular formula is C22H21FN2O3. The van der Waals surface area contributed by atoms with E-state index in [1.54, 1.807) is 54.7 Å². The molecular weight excluding hydrogens is 359 g/mol. The fourth-order valence-corrected chi connectivity index (χ4v) is 2.53. The molecule has 0 saturated heterocycles. The SMILES string of the molecule is CC(C)Oc1cc(C(=O)Nc2ccccn2)ccc1OCc1cccc(F)c1. The topological polar surface area (TPSA) is 60.5 Å². The van der Waals surface area contributed by atoms with Crippen molar-refractivity contribution >= 4 is 11.7 Å². The maximum atomic E-state index is 13.3. The van der Waals surface area contributed by atoms with Gasteiger partial charge in [-0.2, -0.15) is 0 Å². The van der Waals surface area contributed by atoms with Crippen molar-refractivity contribution in [2.45, 2.75) is 26.6 Å². The second-order valence-corrected chi connectivity index (χ2v) is 6.42. The number of nitrogens with one attached hydrogen (secondary N) is 1. The molecule has 1 aromatic heterocycles. The molecule has 1 amide bonds. The first-order valence-corrected chi connectivity index (χ1v) is 8.91. The van der Waals surface area contributed by atoms with Crippen molar-refractivity contribution in [1.82, 2.24) is 4.98 Å². The first kappa shape index (κ1) is 19.4. The Kier molecular flexibility index (Phi) is 6.22. The third kappa shape index (κ3) is 5.30. The van der Waals surface area contributed by atoms with E-state index in [1.165, 1.54) is 12.1 Å². The number of hydrogen-bond acceptors (Lipinski definition) is 4. The largest absolute Gasteiger partial charge is 0.487 e. The standard InChI is InChI=1S/C22H21FN2O3/c1-15(2)28-20-13-17(22(26)25-21-8-3-4-11-24-21)9-10-19(20)27-14-16-6-5-7-18(23)12-16/h3-13,15H,14H2,1-2H3,(H,24,25,26). The number of amides is 1. The molecule has 0 aliphatic heterocycles. The van der Waals surface area contributed by atoms with Crippen LogP contribution in [0.15, 0.2) is 66.9 Å². The number of benzene rings is 2. The minimum Gasteiger partial charge on any atom is -0.487 e. The first-order valence-electron chi connectivity index (χ1n) is 8.91. The van der Waals surface area contributed by atoms with Gasteiger partial charge in [0, 0.05) is 11.8 Å². The number of carbonyl (C=O) groups excluding carboxylic acids is 1. The highest BCUT2D eigenvalue weighted by molar-refractivity contribution is 6.04. The molecule has 28 heavy (non-hydrogen) atoms. The number of pyridine rings is 1. The Morgan fingerprint density at radius 1 is 1.07 bits per heavy atom. The lowest BCUT2D eigenvalue weighted by Crippen LogP contribution is -2.14. The predicted octanol–water partition coefficient (Wildman–Crippen LogP) is 4.84. The van der Waals surface area contributed by atoms with Crippen LogP contribution in [-0.4, -0.2) is 17.0 Å². The average molecular weight is 380 g/mol. The molecule has 144 valence electrons. The second-order valence-electron chi connectivity index (χ2n) is 6.42. The van der Waals surface area contributed by atoms with Crippen LogP contribution in [0, 0.1) is 5.82 Å². The van der Waals surface area contributed by atoms with E-state index in [1.807, 2.05) is 13.8 Å². The highest BCUT2D eigenvalue weighted by Gasteiger charge is 2.14. The number of aromatic nitrogens is 1. The van der Waals surface area contributed by atoms with Crippen LogP contribution in [0.3, 0.4) is 0 Å². The maximum absolute atomic E-state index is 13.3. The fourth-order valence-electron chi connectivity index (χ4n) is 2.53. The van der Waals surface area contributed by atoms with Gasteiger partial charge in [-0.3, -0.25) is 4.79 Å². The van der Waals surface area contributed by atoms with Gasteiger partial charge in [0.15, 0.2) is 11.5 Å². The Morgan fingerprint density at radius 3 is 2.64 bits per heavy atom. The fraction of sp³-hybridized carbons (Fsp3) is 0.182. The number of carbonyl (C=O) groups is 1. The molecule has 0 aliphatic carbocycles. The zero-order valence-corrected chi connectivity index (χ0v) is 15.7. The number of nitrogens with zero attached hydrogens (tertiary/aromatic N) is 1. The summed E-state index contributed by atoms with van der Waals surface area (Å²) in [5.74, 6) is 0.767. The van der Waals surface area contributed by atoms with E-state index in [2.05, 4.69) is 10.3 Å². The van der Waals surface area contributed by atoms with Crippen LogP contribution in [0.1, 0.15) is 29.8 Å². The van der Waals surface area contributed by atoms with Crippen LogP contribution in [-0.2, 0) is 6.61 Å². The third-order valence-electron chi connectivity index (χ3n) is 3.76. The van der Waals surface area contributed by atoms with Gasteiger partial charge in [-0.15, -0.1) is 0 Å². The highest BCUT2D eigenvalue weighted by Crippen LogP contribution is 2.30. The van der Waals surface area contributed by atoms with Gasteiger partial charge in [0.05, 0.1) is 6.10 Å². The second kappa shape index (κ2) is 8.99. The Bertz CT molecular complexity index is 946. The van der Waals surface area contributed by atoms with Crippen molar-refractivity contribution in [1.29, 1.82) is 0 Å². The molecule has 3 rings (SSSR count). The van der Waals surface area contributed by atoms with Gasteiger partial charge in [-0.05, 0) is 61.9 Å². The van der Waals surface area contributed by atoms with Crippen molar-refractivity contribution in [3.63, 3.8) is 0 Å². The normalized spacial score (nSPS) is 10.6. The molecule has 0 radical (unpaired) electrons. The summed E-state index contributed by atoms with van der Waals surface area (Å²) in [5.41, 5.74) is 1.12. The van der Waals surface area contributed by atoms with Gasteiger partial charge < -0.3 is 14.8 Å². The Balaban J connectivity index is 1.77. The summed E-state index contributed by atoms with van der Waals surface area (Å²) in [6, 6.07) is 16.4. The van der Waals surface area contributed by atoms with Gasteiger partial charge >= 0.3 is 0 Å². The van der Waals surface area contributed by atoms with Crippen molar-refractivity contribution in [2.75, 3.05) is 5.32 Å². The van der Waals surface area contributed by atoms with E-state index >= 15 is 0 Å². The summed E-state index contributed by atoms with van der Waals surface area (Å²) >= 11 is 0. The van der Waals surface area contributed by atoms with E-state index in [4.69, 9.17) is 9.47 Å². The van der Waals surface area contributed by atoms with Crippen molar-refractivity contribution in [3.05, 3.63) is 83.8 Å². The van der Waals surface area contributed by atoms with Crippen LogP contribution < -0.4 is 14.8 Å². The maximum Gasteiger partial charge on any atom is 0.256 e. The lowest BCUT2D eigenvalue weighted by Gasteiger charge is -2.16. The van der Waals surface area contributed by atoms with E-state index in [9.17, 15) is 9.18 Å². The van der Waals surface area contributed by atoms with Crippen molar-refractivity contribution in [3.8, 4) is 11.5 Å². The average Bonchev–Trinajstić information content (AvgIpc) is 2.67. The number of rotatable bonds is 7. The van der Waals surface area contributed by atoms with Crippen LogP contribution in [0.5, 0.6) is 11.5 Å². The van der Waals surface area contributed by atoms with Crippen LogP contribution in [0.25, 0.3) is 0 Å². The first-order chi connectivity index (χ1) is 13.5. The minimum absolute atomic E-state index is 0.106. The molecule has 0 bridgehead atoms. The molecule has 2 aromatic carbocycles. The van der Waals surface area contributed by atoms with Crippen LogP contribution in [0.2, 0.25) is 0 Å². The lowest BCUT2D eigenvalue weighted by molar-refractivity contribution is 0.102. The molecule has 0 unspecified atom stereocenters. The molecule has 0 fully saturated rings. The summed E-state index contributed by atoms with van der Waals surface area (Å²) in [7, 11) is 0. The van der Waals surface area contributed by atoms with Crippen molar-refractivity contribution in [2.24, 2.45) is 0 Å². The third-order valence-corrected chi connectivity index (χ3v) is 3.76. The highest BCUT2D eigenvalue weighted by atomic mass is 19.1. The Morgan fingerprint density at radius 2 is 1.93 bits per heavy atom. The number of anilines is 1. The lowest BCUT2D eigenvalue weighted by atomic mass is 10.1. The van der Waals surface area contributed by atoms with Crippen LogP contribution >= 0.6 is 0 Å². The monoisotopic (exact) mass is 380 g/mol. The van der Waals surface area contributed by atoms with Crippen molar-refractivity contribution < 1.29 is 18.7 Å². The van der Waals surface area contributed by atoms with Gasteiger partial charge in [0.2, 0.25) is 0 Å². The summed E-state index contributed by atoms with van der Waals surface area (Å²) < 4.78 is 24.9. The molecule has 1 heterocycles. The summed E-state index contributed by atoms with van der Waals surface area (Å²) in [5, 5.41) is 2.73. The predicted molar refractivity (Wildman–Crippen MR) is 105 cm³/mol. The van der Waals surface area contributed by atoms with E-state index in [-0.39, 0.29) is 24.4 Å². The van der Waals surface area contributed by atoms with Crippen LogP contribution in [0.4, 0.5) is 10.2 Å². The van der Waals surface area contributed by atoms with E-state index < -0.39 is 0 Å². The molecule has 0 atom stereocenters. The van der Waals surface area contributed by atoms with Gasteiger partial charge in [-0.25, -0.2) is 9.37 Å². The quantitative estimate of drug-likeness (QED) is 0.637. The minimum atomic E-state index is -0.318. The van der Waals surface area contributed by atoms with Gasteiger partial charge in [0.25, 0.3) is 5.91 Å². The van der Waals surface area contributed by atoms with Gasteiger partial charge in [0.1, 0.15) is 18.2 Å².